The zero-order chi connectivity index (χ0) is 53.9. The molecule has 8 aromatic carbocycles. The van der Waals surface area contributed by atoms with Crippen molar-refractivity contribution in [1.29, 1.82) is 0 Å². The lowest BCUT2D eigenvalue weighted by Gasteiger charge is -2.51. The fraction of sp³-hybridized carbons (Fsp3) is 0.342. The van der Waals surface area contributed by atoms with Gasteiger partial charge in [-0.2, -0.15) is 0 Å². The van der Waals surface area contributed by atoms with Crippen molar-refractivity contribution in [1.82, 2.24) is 0 Å². The molecule has 78 heavy (non-hydrogen) atoms. The Morgan fingerprint density at radius 1 is 0.397 bits per heavy atom. The van der Waals surface area contributed by atoms with E-state index in [1.165, 1.54) is 144 Å². The Balaban J connectivity index is 1.05. The quantitative estimate of drug-likeness (QED) is 0.159. The van der Waals surface area contributed by atoms with Crippen LogP contribution in [0.25, 0.3) is 11.1 Å². The normalized spacial score (nSPS) is 23.8. The van der Waals surface area contributed by atoms with Gasteiger partial charge in [-0.3, -0.25) is 0 Å². The average molecular weight is 1020 g/mol. The van der Waals surface area contributed by atoms with Gasteiger partial charge in [0.2, 0.25) is 0 Å². The van der Waals surface area contributed by atoms with E-state index in [0.29, 0.717) is 0 Å². The highest BCUT2D eigenvalue weighted by Gasteiger charge is 2.60. The van der Waals surface area contributed by atoms with Crippen molar-refractivity contribution in [3.05, 3.63) is 198 Å². The van der Waals surface area contributed by atoms with Crippen molar-refractivity contribution in [3.8, 4) is 11.1 Å². The molecule has 392 valence electrons. The van der Waals surface area contributed by atoms with Crippen molar-refractivity contribution in [3.63, 3.8) is 0 Å². The highest BCUT2D eigenvalue weighted by atomic mass is 15.3. The summed E-state index contributed by atoms with van der Waals surface area (Å²) in [6.07, 6.45) is 9.57. The van der Waals surface area contributed by atoms with Gasteiger partial charge < -0.3 is 19.6 Å². The Labute approximate surface area is 466 Å². The number of benzene rings is 8. The van der Waals surface area contributed by atoms with Crippen LogP contribution in [0.2, 0.25) is 0 Å². The number of para-hydroxylation sites is 2. The van der Waals surface area contributed by atoms with Gasteiger partial charge in [0.25, 0.3) is 6.71 Å². The molecule has 4 nitrogen and oxygen atoms in total. The van der Waals surface area contributed by atoms with Crippen LogP contribution in [-0.4, -0.2) is 17.8 Å². The van der Waals surface area contributed by atoms with Crippen LogP contribution < -0.4 is 36.0 Å². The Morgan fingerprint density at radius 3 is 1.55 bits per heavy atom. The molecule has 0 radical (unpaired) electrons. The van der Waals surface area contributed by atoms with E-state index in [2.05, 4.69) is 266 Å². The minimum Gasteiger partial charge on any atom is -0.334 e. The molecule has 5 heteroatoms. The van der Waals surface area contributed by atoms with Crippen LogP contribution in [0.5, 0.6) is 0 Å². The second-order valence-electron chi connectivity index (χ2n) is 27.3. The zero-order valence-corrected chi connectivity index (χ0v) is 48.2. The van der Waals surface area contributed by atoms with Crippen LogP contribution in [0.1, 0.15) is 148 Å². The monoisotopic (exact) mass is 1020 g/mol. The molecule has 0 bridgehead atoms. The van der Waals surface area contributed by atoms with E-state index in [1.54, 1.807) is 0 Å². The first-order valence-corrected chi connectivity index (χ1v) is 29.5. The summed E-state index contributed by atoms with van der Waals surface area (Å²) < 4.78 is 0. The summed E-state index contributed by atoms with van der Waals surface area (Å²) in [7, 11) is 0. The molecule has 8 aromatic rings. The number of hydrogen-bond acceptors (Lipinski definition) is 4. The van der Waals surface area contributed by atoms with E-state index in [9.17, 15) is 0 Å². The van der Waals surface area contributed by atoms with E-state index in [-0.39, 0.29) is 39.5 Å². The van der Waals surface area contributed by atoms with Gasteiger partial charge in [0.15, 0.2) is 0 Å². The number of fused-ring (bicyclic) bond motifs is 10. The predicted octanol–water partition coefficient (Wildman–Crippen LogP) is 17.8. The zero-order valence-electron chi connectivity index (χ0n) is 48.2. The predicted molar refractivity (Wildman–Crippen MR) is 334 cm³/mol. The van der Waals surface area contributed by atoms with Gasteiger partial charge in [0, 0.05) is 67.7 Å². The lowest BCUT2D eigenvalue weighted by Crippen LogP contribution is -2.61. The van der Waals surface area contributed by atoms with E-state index in [1.807, 2.05) is 0 Å². The summed E-state index contributed by atoms with van der Waals surface area (Å²) in [5, 5.41) is 0. The molecule has 2 aliphatic carbocycles. The summed E-state index contributed by atoms with van der Waals surface area (Å²) in [5.74, 6) is 0. The summed E-state index contributed by atoms with van der Waals surface area (Å²) in [6, 6.07) is 66.8. The largest absolute Gasteiger partial charge is 0.334 e. The Hall–Kier alpha value is -6.98. The number of rotatable bonds is 5. The van der Waals surface area contributed by atoms with Crippen LogP contribution >= 0.6 is 0 Å². The topological polar surface area (TPSA) is 13.0 Å². The molecule has 0 N–H and O–H groups in total. The molecule has 4 unspecified atom stereocenters. The van der Waals surface area contributed by atoms with Gasteiger partial charge in [0.05, 0.1) is 11.1 Å². The molecular formula is C73H77BN4. The maximum Gasteiger partial charge on any atom is 0.252 e. The van der Waals surface area contributed by atoms with Gasteiger partial charge in [-0.25, -0.2) is 0 Å². The minimum absolute atomic E-state index is 0.00293. The SMILES string of the molecule is Cc1ccccc1-c1ccc2c(c1)C1(C)CCCCC1(C)N2c1cc2c3c(c1)N(c1ccc(C(C)(C)C)cc1)c1cc(N4c5ccc(C(C)(C)C)cc5C5(C)CCCCC45C)ccc1B3c1ccccc1N2c1ccccc1. The molecule has 0 aromatic heterocycles. The third-order valence-corrected chi connectivity index (χ3v) is 21.0. The molecule has 2 saturated carbocycles. The maximum atomic E-state index is 2.82. The fourth-order valence-corrected chi connectivity index (χ4v) is 16.2. The Kier molecular flexibility index (Phi) is 10.8. The molecule has 4 atom stereocenters. The lowest BCUT2D eigenvalue weighted by atomic mass is 9.33. The van der Waals surface area contributed by atoms with Crippen LogP contribution in [-0.2, 0) is 21.7 Å². The molecular weight excluding hydrogens is 944 g/mol. The standard InChI is InChI=1S/C73H77BN4/c1-48-23-15-16-26-56(48)49-29-37-61-57(43-49)70(8)39-19-22-42-73(70,11)78(61)55-46-65-67-66(47-55)76(53-33-30-50(31-34-53)68(2,3)4)64-45-54(35-36-60(64)74(67)59-27-17-18-28-63(59)75(65)52-24-13-12-14-25-52)77-62-38-32-51(69(5,6)7)44-58(62)71(9)40-20-21-41-72(71,77)10/h12-18,23-38,43-47H,19-22,39-42H2,1-11H3. The summed E-state index contributed by atoms with van der Waals surface area (Å²) in [4.78, 5) is 10.9. The first-order chi connectivity index (χ1) is 37.3. The van der Waals surface area contributed by atoms with Crippen LogP contribution in [0, 0.1) is 6.92 Å². The molecule has 14 rings (SSSR count). The van der Waals surface area contributed by atoms with Crippen molar-refractivity contribution in [2.45, 2.75) is 160 Å². The lowest BCUT2D eigenvalue weighted by molar-refractivity contribution is 0.195. The summed E-state index contributed by atoms with van der Waals surface area (Å²) in [5.41, 5.74) is 26.2. The van der Waals surface area contributed by atoms with E-state index >= 15 is 0 Å². The fourth-order valence-electron chi connectivity index (χ4n) is 16.2. The van der Waals surface area contributed by atoms with Gasteiger partial charge in [-0.1, -0.05) is 178 Å². The van der Waals surface area contributed by atoms with Crippen LogP contribution in [0.4, 0.5) is 56.9 Å². The van der Waals surface area contributed by atoms with Crippen LogP contribution in [0.15, 0.2) is 170 Å². The highest BCUT2D eigenvalue weighted by Crippen LogP contribution is 2.64. The third-order valence-electron chi connectivity index (χ3n) is 21.0. The van der Waals surface area contributed by atoms with Gasteiger partial charge in [-0.15, -0.1) is 0 Å². The van der Waals surface area contributed by atoms with Crippen molar-refractivity contribution in [2.75, 3.05) is 19.6 Å². The number of hydrogen-bond donors (Lipinski definition) is 0. The van der Waals surface area contributed by atoms with Gasteiger partial charge in [-0.05, 0) is 185 Å². The molecule has 0 spiro atoms. The van der Waals surface area contributed by atoms with E-state index in [0.717, 1.165) is 19.3 Å². The number of aryl methyl sites for hydroxylation is 1. The Bertz CT molecular complexity index is 3730. The smallest absolute Gasteiger partial charge is 0.252 e. The molecule has 2 fully saturated rings. The molecule has 6 aliphatic rings. The second-order valence-corrected chi connectivity index (χ2v) is 27.3. The van der Waals surface area contributed by atoms with Crippen LogP contribution in [0.3, 0.4) is 0 Å². The molecule has 0 amide bonds. The first-order valence-electron chi connectivity index (χ1n) is 29.5. The van der Waals surface area contributed by atoms with Crippen molar-refractivity contribution < 1.29 is 0 Å². The summed E-state index contributed by atoms with van der Waals surface area (Å²) >= 11 is 0. The number of nitrogens with zero attached hydrogens (tertiary/aromatic N) is 4. The van der Waals surface area contributed by atoms with Crippen molar-refractivity contribution >= 4 is 80.0 Å². The van der Waals surface area contributed by atoms with Gasteiger partial charge in [0.1, 0.15) is 0 Å². The highest BCUT2D eigenvalue weighted by molar-refractivity contribution is 7.00. The third kappa shape index (κ3) is 6.84. The van der Waals surface area contributed by atoms with E-state index < -0.39 is 0 Å². The molecule has 4 heterocycles. The minimum atomic E-state index is -0.167. The van der Waals surface area contributed by atoms with Gasteiger partial charge >= 0.3 is 0 Å². The molecule has 0 saturated heterocycles. The summed E-state index contributed by atoms with van der Waals surface area (Å²) in [6.45, 7) is 26.7. The first kappa shape index (κ1) is 49.3. The van der Waals surface area contributed by atoms with Crippen molar-refractivity contribution in [2.24, 2.45) is 0 Å². The average Bonchev–Trinajstić information content (AvgIpc) is 2.69. The number of anilines is 10. The van der Waals surface area contributed by atoms with E-state index in [4.69, 9.17) is 0 Å². The maximum absolute atomic E-state index is 2.82. The molecule has 4 aliphatic heterocycles. The second kappa shape index (κ2) is 17.0. The Morgan fingerprint density at radius 2 is 0.897 bits per heavy atom.